The van der Waals surface area contributed by atoms with Crippen LogP contribution in [0.4, 0.5) is 0 Å². The zero-order chi connectivity index (χ0) is 14.5. The lowest BCUT2D eigenvalue weighted by molar-refractivity contribution is -0.114. The number of oxime groups is 1. The van der Waals surface area contributed by atoms with Crippen LogP contribution in [0.2, 0.25) is 0 Å². The number of rotatable bonds is 5. The van der Waals surface area contributed by atoms with E-state index in [9.17, 15) is 4.79 Å². The molecule has 5 nitrogen and oxygen atoms in total. The number of benzene rings is 1. The van der Waals surface area contributed by atoms with Crippen LogP contribution in [0, 0.1) is 0 Å². The van der Waals surface area contributed by atoms with E-state index in [0.29, 0.717) is 24.4 Å². The molecule has 1 atom stereocenters. The van der Waals surface area contributed by atoms with Crippen molar-refractivity contribution < 1.29 is 14.0 Å². The average molecular weight is 284 g/mol. The van der Waals surface area contributed by atoms with Crippen molar-refractivity contribution in [3.05, 3.63) is 60.1 Å². The molecule has 0 bridgehead atoms. The third-order valence-corrected chi connectivity index (χ3v) is 3.33. The standard InChI is InChI=1S/C16H16N2O3/c19-16(17-9-8-12-5-2-1-3-6-12)13-11-15(21-18-13)14-7-4-10-20-14/h1-7,10,15H,8-9,11H2,(H,17,19). The molecule has 21 heavy (non-hydrogen) atoms. The van der Waals surface area contributed by atoms with E-state index in [1.54, 1.807) is 12.3 Å². The van der Waals surface area contributed by atoms with Gasteiger partial charge in [0.2, 0.25) is 0 Å². The zero-order valence-electron chi connectivity index (χ0n) is 11.5. The topological polar surface area (TPSA) is 63.8 Å². The van der Waals surface area contributed by atoms with Crippen molar-refractivity contribution in [1.29, 1.82) is 0 Å². The molecule has 2 aromatic rings. The van der Waals surface area contributed by atoms with Crippen LogP contribution in [0.15, 0.2) is 58.3 Å². The molecular weight excluding hydrogens is 268 g/mol. The maximum absolute atomic E-state index is 12.0. The van der Waals surface area contributed by atoms with E-state index in [0.717, 1.165) is 6.42 Å². The molecule has 0 spiro atoms. The van der Waals surface area contributed by atoms with E-state index in [1.807, 2.05) is 36.4 Å². The van der Waals surface area contributed by atoms with Gasteiger partial charge in [-0.15, -0.1) is 0 Å². The predicted octanol–water partition coefficient (Wildman–Crippen LogP) is 2.46. The summed E-state index contributed by atoms with van der Waals surface area (Å²) in [6, 6.07) is 13.6. The largest absolute Gasteiger partial charge is 0.465 e. The lowest BCUT2D eigenvalue weighted by Gasteiger charge is -2.05. The molecule has 2 heterocycles. The average Bonchev–Trinajstić information content (AvgIpc) is 3.19. The second-order valence-electron chi connectivity index (χ2n) is 4.84. The molecule has 5 heteroatoms. The van der Waals surface area contributed by atoms with Crippen LogP contribution < -0.4 is 5.32 Å². The van der Waals surface area contributed by atoms with E-state index >= 15 is 0 Å². The van der Waals surface area contributed by atoms with E-state index in [1.165, 1.54) is 5.56 Å². The Kier molecular flexibility index (Phi) is 4.00. The number of hydrogen-bond acceptors (Lipinski definition) is 4. The minimum atomic E-state index is -0.296. The highest BCUT2D eigenvalue weighted by molar-refractivity contribution is 6.39. The Morgan fingerprint density at radius 1 is 1.24 bits per heavy atom. The Hall–Kier alpha value is -2.56. The molecule has 108 valence electrons. The normalized spacial score (nSPS) is 17.1. The van der Waals surface area contributed by atoms with Gasteiger partial charge in [0.1, 0.15) is 11.5 Å². The lowest BCUT2D eigenvalue weighted by atomic mass is 10.1. The first-order valence-electron chi connectivity index (χ1n) is 6.91. The third kappa shape index (κ3) is 3.31. The highest BCUT2D eigenvalue weighted by Gasteiger charge is 2.28. The van der Waals surface area contributed by atoms with Crippen molar-refractivity contribution in [2.24, 2.45) is 5.16 Å². The van der Waals surface area contributed by atoms with Gasteiger partial charge >= 0.3 is 0 Å². The van der Waals surface area contributed by atoms with Gasteiger partial charge in [-0.2, -0.15) is 0 Å². The fourth-order valence-electron chi connectivity index (χ4n) is 2.21. The van der Waals surface area contributed by atoms with Crippen LogP contribution in [0.3, 0.4) is 0 Å². The summed E-state index contributed by atoms with van der Waals surface area (Å²) in [7, 11) is 0. The van der Waals surface area contributed by atoms with Crippen molar-refractivity contribution in [2.45, 2.75) is 18.9 Å². The summed E-state index contributed by atoms with van der Waals surface area (Å²) in [5.41, 5.74) is 1.60. The smallest absolute Gasteiger partial charge is 0.269 e. The van der Waals surface area contributed by atoms with Gasteiger partial charge in [-0.3, -0.25) is 4.79 Å². The maximum Gasteiger partial charge on any atom is 0.269 e. The van der Waals surface area contributed by atoms with Gasteiger partial charge in [-0.25, -0.2) is 0 Å². The Bertz CT molecular complexity index is 620. The van der Waals surface area contributed by atoms with Crippen LogP contribution >= 0.6 is 0 Å². The molecule has 0 saturated heterocycles. The van der Waals surface area contributed by atoms with Crippen molar-refractivity contribution in [3.63, 3.8) is 0 Å². The van der Waals surface area contributed by atoms with Crippen LogP contribution in [-0.2, 0) is 16.1 Å². The Morgan fingerprint density at radius 3 is 2.86 bits per heavy atom. The Labute approximate surface area is 122 Å². The molecule has 1 aliphatic rings. The van der Waals surface area contributed by atoms with Crippen LogP contribution in [0.5, 0.6) is 0 Å². The van der Waals surface area contributed by atoms with Crippen LogP contribution in [-0.4, -0.2) is 18.2 Å². The van der Waals surface area contributed by atoms with Crippen molar-refractivity contribution in [2.75, 3.05) is 6.54 Å². The summed E-state index contributed by atoms with van der Waals surface area (Å²) >= 11 is 0. The summed E-state index contributed by atoms with van der Waals surface area (Å²) < 4.78 is 5.25. The molecule has 1 unspecified atom stereocenters. The Morgan fingerprint density at radius 2 is 2.10 bits per heavy atom. The fraction of sp³-hybridized carbons (Fsp3) is 0.250. The van der Waals surface area contributed by atoms with Gasteiger partial charge in [0.25, 0.3) is 5.91 Å². The van der Waals surface area contributed by atoms with E-state index < -0.39 is 0 Å². The van der Waals surface area contributed by atoms with Crippen molar-refractivity contribution in [1.82, 2.24) is 5.32 Å². The molecule has 0 fully saturated rings. The number of nitrogens with zero attached hydrogens (tertiary/aromatic N) is 1. The van der Waals surface area contributed by atoms with E-state index in [-0.39, 0.29) is 12.0 Å². The summed E-state index contributed by atoms with van der Waals surface area (Å²) in [5.74, 6) is 0.505. The molecule has 3 rings (SSSR count). The quantitative estimate of drug-likeness (QED) is 0.917. The molecule has 0 aliphatic carbocycles. The molecule has 1 amide bonds. The monoisotopic (exact) mass is 284 g/mol. The number of carbonyl (C=O) groups is 1. The van der Waals surface area contributed by atoms with E-state index in [2.05, 4.69) is 10.5 Å². The Balaban J connectivity index is 1.46. The van der Waals surface area contributed by atoms with Gasteiger partial charge in [-0.1, -0.05) is 35.5 Å². The highest BCUT2D eigenvalue weighted by atomic mass is 16.6. The first-order valence-corrected chi connectivity index (χ1v) is 6.91. The lowest BCUT2D eigenvalue weighted by Crippen LogP contribution is -2.32. The van der Waals surface area contributed by atoms with Crippen LogP contribution in [0.25, 0.3) is 0 Å². The number of furan rings is 1. The number of carbonyl (C=O) groups excluding carboxylic acids is 1. The van der Waals surface area contributed by atoms with Gasteiger partial charge in [0.15, 0.2) is 6.10 Å². The van der Waals surface area contributed by atoms with Crippen LogP contribution in [0.1, 0.15) is 23.8 Å². The summed E-state index contributed by atoms with van der Waals surface area (Å²) in [6.45, 7) is 0.577. The molecule has 1 aromatic heterocycles. The number of hydrogen-bond donors (Lipinski definition) is 1. The SMILES string of the molecule is O=C(NCCc1ccccc1)C1=NOC(c2ccco2)C1. The summed E-state index contributed by atoms with van der Waals surface area (Å²) in [4.78, 5) is 17.2. The molecular formula is C16H16N2O3. The van der Waals surface area contributed by atoms with E-state index in [4.69, 9.17) is 9.25 Å². The minimum absolute atomic E-state index is 0.181. The number of nitrogens with one attached hydrogen (secondary N) is 1. The zero-order valence-corrected chi connectivity index (χ0v) is 11.5. The fourth-order valence-corrected chi connectivity index (χ4v) is 2.21. The summed E-state index contributed by atoms with van der Waals surface area (Å²) in [6.07, 6.45) is 2.51. The second-order valence-corrected chi connectivity index (χ2v) is 4.84. The molecule has 0 saturated carbocycles. The molecule has 1 N–H and O–H groups in total. The second kappa shape index (κ2) is 6.26. The first kappa shape index (κ1) is 13.4. The molecule has 1 aromatic carbocycles. The minimum Gasteiger partial charge on any atom is -0.465 e. The highest BCUT2D eigenvalue weighted by Crippen LogP contribution is 2.27. The number of amides is 1. The third-order valence-electron chi connectivity index (χ3n) is 3.33. The van der Waals surface area contributed by atoms with Gasteiger partial charge < -0.3 is 14.6 Å². The van der Waals surface area contributed by atoms with Gasteiger partial charge in [0.05, 0.1) is 6.26 Å². The molecule has 0 radical (unpaired) electrons. The predicted molar refractivity (Wildman–Crippen MR) is 77.7 cm³/mol. The van der Waals surface area contributed by atoms with Crippen molar-refractivity contribution >= 4 is 11.6 Å². The first-order chi connectivity index (χ1) is 10.3. The molecule has 1 aliphatic heterocycles. The maximum atomic E-state index is 12.0. The van der Waals surface area contributed by atoms with Crippen molar-refractivity contribution in [3.8, 4) is 0 Å². The van der Waals surface area contributed by atoms with Gasteiger partial charge in [-0.05, 0) is 24.1 Å². The summed E-state index contributed by atoms with van der Waals surface area (Å²) in [5, 5.41) is 6.70. The van der Waals surface area contributed by atoms with Gasteiger partial charge in [0, 0.05) is 13.0 Å².